The van der Waals surface area contributed by atoms with Gasteiger partial charge in [-0.15, -0.1) is 0 Å². The molecular weight excluding hydrogens is 216 g/mol. The third-order valence-corrected chi connectivity index (χ3v) is 3.77. The van der Waals surface area contributed by atoms with Crippen molar-refractivity contribution in [3.8, 4) is 0 Å². The van der Waals surface area contributed by atoms with E-state index in [-0.39, 0.29) is 11.9 Å². The number of H-pyrrole nitrogens is 1. The third kappa shape index (κ3) is 2.07. The van der Waals surface area contributed by atoms with E-state index in [0.29, 0.717) is 6.04 Å². The number of hydrogen-bond acceptors (Lipinski definition) is 3. The van der Waals surface area contributed by atoms with Crippen LogP contribution in [-0.2, 0) is 4.79 Å². The average Bonchev–Trinajstić information content (AvgIpc) is 3.03. The van der Waals surface area contributed by atoms with Crippen molar-refractivity contribution in [2.45, 2.75) is 44.2 Å². The molecular formula is C12H18N4O. The van der Waals surface area contributed by atoms with Crippen LogP contribution in [0.5, 0.6) is 0 Å². The summed E-state index contributed by atoms with van der Waals surface area (Å²) in [4.78, 5) is 14.0. The topological polar surface area (TPSA) is 61.0 Å². The van der Waals surface area contributed by atoms with Crippen molar-refractivity contribution in [2.24, 2.45) is 0 Å². The second kappa shape index (κ2) is 4.49. The standard InChI is InChI=1S/C12H18N4O/c17-12-10(14-9-3-1-2-4-9)6-8-16(12)11-5-7-13-15-11/h5,7,9-10,14H,1-4,6,8H2,(H,13,15). The molecule has 1 aromatic rings. The first-order chi connectivity index (χ1) is 8.34. The fraction of sp³-hybridized carbons (Fsp3) is 0.667. The van der Waals surface area contributed by atoms with Crippen LogP contribution in [-0.4, -0.2) is 34.7 Å². The summed E-state index contributed by atoms with van der Waals surface area (Å²) in [5.41, 5.74) is 0. The number of aromatic amines is 1. The summed E-state index contributed by atoms with van der Waals surface area (Å²) in [5.74, 6) is 0.992. The van der Waals surface area contributed by atoms with Crippen LogP contribution in [0.15, 0.2) is 12.3 Å². The van der Waals surface area contributed by atoms with Crippen molar-refractivity contribution in [1.29, 1.82) is 0 Å². The largest absolute Gasteiger partial charge is 0.303 e. The van der Waals surface area contributed by atoms with Crippen LogP contribution in [0.1, 0.15) is 32.1 Å². The van der Waals surface area contributed by atoms with Gasteiger partial charge in [0, 0.05) is 18.7 Å². The molecule has 2 fully saturated rings. The Balaban J connectivity index is 1.63. The van der Waals surface area contributed by atoms with Gasteiger partial charge in [-0.2, -0.15) is 5.10 Å². The van der Waals surface area contributed by atoms with Gasteiger partial charge in [-0.1, -0.05) is 12.8 Å². The molecule has 3 rings (SSSR count). The van der Waals surface area contributed by atoms with E-state index in [1.165, 1.54) is 25.7 Å². The average molecular weight is 234 g/mol. The summed E-state index contributed by atoms with van der Waals surface area (Å²) in [6.07, 6.45) is 7.60. The second-order valence-electron chi connectivity index (χ2n) is 4.92. The Morgan fingerprint density at radius 2 is 2.18 bits per heavy atom. The van der Waals surface area contributed by atoms with Gasteiger partial charge >= 0.3 is 0 Å². The molecule has 2 heterocycles. The minimum absolute atomic E-state index is 0.00130. The van der Waals surface area contributed by atoms with Gasteiger partial charge in [0.25, 0.3) is 0 Å². The number of aromatic nitrogens is 2. The smallest absolute Gasteiger partial charge is 0.245 e. The first-order valence-electron chi connectivity index (χ1n) is 6.41. The lowest BCUT2D eigenvalue weighted by Crippen LogP contribution is -2.42. The maximum atomic E-state index is 12.2. The molecule has 17 heavy (non-hydrogen) atoms. The van der Waals surface area contributed by atoms with Crippen LogP contribution in [0, 0.1) is 0 Å². The van der Waals surface area contributed by atoms with Gasteiger partial charge in [0.2, 0.25) is 5.91 Å². The van der Waals surface area contributed by atoms with Crippen molar-refractivity contribution in [1.82, 2.24) is 15.5 Å². The SMILES string of the molecule is O=C1C(NC2CCCC2)CCN1c1ccn[nH]1. The number of anilines is 1. The lowest BCUT2D eigenvalue weighted by Gasteiger charge is -2.18. The summed E-state index contributed by atoms with van der Waals surface area (Å²) in [6, 6.07) is 2.39. The van der Waals surface area contributed by atoms with Crippen molar-refractivity contribution >= 4 is 11.7 Å². The van der Waals surface area contributed by atoms with Gasteiger partial charge in [-0.3, -0.25) is 14.8 Å². The monoisotopic (exact) mass is 234 g/mol. The van der Waals surface area contributed by atoms with Crippen LogP contribution in [0.3, 0.4) is 0 Å². The summed E-state index contributed by atoms with van der Waals surface area (Å²) < 4.78 is 0. The molecule has 0 aromatic carbocycles. The van der Waals surface area contributed by atoms with Crippen LogP contribution in [0.2, 0.25) is 0 Å². The number of rotatable bonds is 3. The molecule has 0 spiro atoms. The molecule has 5 heteroatoms. The first kappa shape index (κ1) is 10.8. The van der Waals surface area contributed by atoms with Gasteiger partial charge < -0.3 is 5.32 Å². The van der Waals surface area contributed by atoms with E-state index in [1.807, 2.05) is 6.07 Å². The molecule has 1 unspecified atom stereocenters. The summed E-state index contributed by atoms with van der Waals surface area (Å²) in [6.45, 7) is 0.783. The summed E-state index contributed by atoms with van der Waals surface area (Å²) in [7, 11) is 0. The number of nitrogens with zero attached hydrogens (tertiary/aromatic N) is 2. The maximum absolute atomic E-state index is 12.2. The molecule has 1 saturated carbocycles. The Morgan fingerprint density at radius 1 is 1.35 bits per heavy atom. The highest BCUT2D eigenvalue weighted by molar-refractivity contribution is 5.98. The van der Waals surface area contributed by atoms with E-state index >= 15 is 0 Å². The molecule has 1 saturated heterocycles. The Hall–Kier alpha value is -1.36. The van der Waals surface area contributed by atoms with Crippen LogP contribution in [0.25, 0.3) is 0 Å². The highest BCUT2D eigenvalue weighted by Gasteiger charge is 2.34. The molecule has 1 amide bonds. The highest BCUT2D eigenvalue weighted by atomic mass is 16.2. The zero-order chi connectivity index (χ0) is 11.7. The Morgan fingerprint density at radius 3 is 2.88 bits per heavy atom. The molecule has 0 bridgehead atoms. The van der Waals surface area contributed by atoms with Gasteiger partial charge in [0.05, 0.1) is 12.2 Å². The summed E-state index contributed by atoms with van der Waals surface area (Å²) >= 11 is 0. The Bertz CT molecular complexity index is 383. The molecule has 1 atom stereocenters. The number of carbonyl (C=O) groups excluding carboxylic acids is 1. The normalized spacial score (nSPS) is 26.0. The van der Waals surface area contributed by atoms with Gasteiger partial charge in [-0.25, -0.2) is 0 Å². The molecule has 1 aliphatic heterocycles. The number of hydrogen-bond donors (Lipinski definition) is 2. The Kier molecular flexibility index (Phi) is 2.84. The molecule has 0 radical (unpaired) electrons. The quantitative estimate of drug-likeness (QED) is 0.821. The molecule has 1 aromatic heterocycles. The van der Waals surface area contributed by atoms with E-state index in [4.69, 9.17) is 0 Å². The lowest BCUT2D eigenvalue weighted by molar-refractivity contribution is -0.119. The molecule has 2 N–H and O–H groups in total. The van der Waals surface area contributed by atoms with E-state index < -0.39 is 0 Å². The van der Waals surface area contributed by atoms with Crippen molar-refractivity contribution in [3.05, 3.63) is 12.3 Å². The molecule has 5 nitrogen and oxygen atoms in total. The minimum atomic E-state index is 0.00130. The van der Waals surface area contributed by atoms with Crippen LogP contribution < -0.4 is 10.2 Å². The second-order valence-corrected chi connectivity index (χ2v) is 4.92. The van der Waals surface area contributed by atoms with Crippen LogP contribution >= 0.6 is 0 Å². The highest BCUT2D eigenvalue weighted by Crippen LogP contribution is 2.23. The third-order valence-electron chi connectivity index (χ3n) is 3.77. The van der Waals surface area contributed by atoms with E-state index in [0.717, 1.165) is 18.8 Å². The molecule has 92 valence electrons. The maximum Gasteiger partial charge on any atom is 0.245 e. The zero-order valence-electron chi connectivity index (χ0n) is 9.85. The minimum Gasteiger partial charge on any atom is -0.303 e. The van der Waals surface area contributed by atoms with Crippen molar-refractivity contribution < 1.29 is 4.79 Å². The number of amides is 1. The zero-order valence-corrected chi connectivity index (χ0v) is 9.85. The predicted octanol–water partition coefficient (Wildman–Crippen LogP) is 1.05. The fourth-order valence-corrected chi connectivity index (χ4v) is 2.85. The van der Waals surface area contributed by atoms with Crippen molar-refractivity contribution in [3.63, 3.8) is 0 Å². The number of carbonyl (C=O) groups is 1. The molecule has 2 aliphatic rings. The van der Waals surface area contributed by atoms with Crippen LogP contribution in [0.4, 0.5) is 5.82 Å². The first-order valence-corrected chi connectivity index (χ1v) is 6.41. The van der Waals surface area contributed by atoms with Gasteiger partial charge in [0.1, 0.15) is 5.82 Å². The summed E-state index contributed by atoms with van der Waals surface area (Å²) in [5, 5.41) is 10.2. The Labute approximate surface area is 101 Å². The predicted molar refractivity (Wildman–Crippen MR) is 64.7 cm³/mol. The molecule has 1 aliphatic carbocycles. The van der Waals surface area contributed by atoms with E-state index in [1.54, 1.807) is 11.1 Å². The van der Waals surface area contributed by atoms with E-state index in [9.17, 15) is 4.79 Å². The van der Waals surface area contributed by atoms with Gasteiger partial charge in [-0.05, 0) is 19.3 Å². The van der Waals surface area contributed by atoms with E-state index in [2.05, 4.69) is 15.5 Å². The lowest BCUT2D eigenvalue weighted by atomic mass is 10.2. The van der Waals surface area contributed by atoms with Gasteiger partial charge in [0.15, 0.2) is 0 Å². The number of nitrogens with one attached hydrogen (secondary N) is 2. The van der Waals surface area contributed by atoms with Crippen molar-refractivity contribution in [2.75, 3.05) is 11.4 Å². The fourth-order valence-electron chi connectivity index (χ4n) is 2.85.